The predicted octanol–water partition coefficient (Wildman–Crippen LogP) is 2.02. The third-order valence-electron chi connectivity index (χ3n) is 4.78. The number of hydrogen-bond acceptors (Lipinski definition) is 4. The lowest BCUT2D eigenvalue weighted by molar-refractivity contribution is 0.240. The van der Waals surface area contributed by atoms with E-state index >= 15 is 0 Å². The summed E-state index contributed by atoms with van der Waals surface area (Å²) in [6.45, 7) is 1.68. The zero-order valence-corrected chi connectivity index (χ0v) is 15.2. The van der Waals surface area contributed by atoms with Crippen LogP contribution < -0.4 is 15.4 Å². The van der Waals surface area contributed by atoms with E-state index in [-0.39, 0.29) is 11.3 Å². The number of carbonyl (C=O) groups is 1. The van der Waals surface area contributed by atoms with Crippen molar-refractivity contribution in [3.63, 3.8) is 0 Å². The average Bonchev–Trinajstić information content (AvgIpc) is 3.47. The average molecular weight is 367 g/mol. The van der Waals surface area contributed by atoms with Crippen LogP contribution in [0.15, 0.2) is 24.3 Å². The van der Waals surface area contributed by atoms with Crippen molar-refractivity contribution in [2.24, 2.45) is 5.92 Å². The Morgan fingerprint density at radius 3 is 2.36 bits per heavy atom. The van der Waals surface area contributed by atoms with Crippen LogP contribution in [-0.4, -0.2) is 50.7 Å². The van der Waals surface area contributed by atoms with Gasteiger partial charge in [0.25, 0.3) is 0 Å². The van der Waals surface area contributed by atoms with E-state index in [4.69, 9.17) is 4.74 Å². The maximum atomic E-state index is 12.2. The van der Waals surface area contributed by atoms with Crippen molar-refractivity contribution >= 4 is 21.7 Å². The van der Waals surface area contributed by atoms with E-state index in [0.29, 0.717) is 31.2 Å². The quantitative estimate of drug-likeness (QED) is 0.805. The maximum absolute atomic E-state index is 12.2. The van der Waals surface area contributed by atoms with Crippen LogP contribution in [0.4, 0.5) is 10.5 Å². The number of hydrogen-bond donors (Lipinski definition) is 2. The fourth-order valence-electron chi connectivity index (χ4n) is 3.03. The Bertz CT molecular complexity index is 693. The van der Waals surface area contributed by atoms with Crippen molar-refractivity contribution in [2.45, 2.75) is 30.9 Å². The van der Waals surface area contributed by atoms with Gasteiger partial charge in [-0.3, -0.25) is 0 Å². The molecule has 8 heteroatoms. The molecule has 1 saturated carbocycles. The van der Waals surface area contributed by atoms with Gasteiger partial charge in [-0.1, -0.05) is 0 Å². The van der Waals surface area contributed by atoms with Crippen LogP contribution >= 0.6 is 0 Å². The van der Waals surface area contributed by atoms with Crippen LogP contribution in [0.25, 0.3) is 0 Å². The van der Waals surface area contributed by atoms with Crippen molar-refractivity contribution in [1.82, 2.24) is 9.62 Å². The molecule has 0 atom stereocenters. The summed E-state index contributed by atoms with van der Waals surface area (Å²) >= 11 is 0. The van der Waals surface area contributed by atoms with Gasteiger partial charge in [0.15, 0.2) is 0 Å². The van der Waals surface area contributed by atoms with Gasteiger partial charge in [-0.2, -0.15) is 0 Å². The predicted molar refractivity (Wildman–Crippen MR) is 96.3 cm³/mol. The molecule has 1 aromatic rings. The Kier molecular flexibility index (Phi) is 5.48. The van der Waals surface area contributed by atoms with E-state index in [0.717, 1.165) is 31.4 Å². The second kappa shape index (κ2) is 7.61. The van der Waals surface area contributed by atoms with Gasteiger partial charge in [0.05, 0.1) is 12.4 Å². The molecule has 0 aromatic heterocycles. The number of ether oxygens (including phenoxy) is 1. The highest BCUT2D eigenvalue weighted by molar-refractivity contribution is 7.90. The zero-order valence-electron chi connectivity index (χ0n) is 14.4. The number of methoxy groups -OCH3 is 1. The molecule has 1 aliphatic carbocycles. The maximum Gasteiger partial charge on any atom is 0.319 e. The normalized spacial score (nSPS) is 19.4. The molecule has 2 fully saturated rings. The van der Waals surface area contributed by atoms with E-state index in [2.05, 4.69) is 10.6 Å². The van der Waals surface area contributed by atoms with Crippen molar-refractivity contribution in [3.8, 4) is 5.75 Å². The minimum Gasteiger partial charge on any atom is -0.497 e. The number of sulfonamides is 1. The van der Waals surface area contributed by atoms with Crippen LogP contribution in [0.5, 0.6) is 5.75 Å². The third kappa shape index (κ3) is 4.64. The van der Waals surface area contributed by atoms with Gasteiger partial charge in [-0.15, -0.1) is 0 Å². The fourth-order valence-corrected chi connectivity index (χ4v) is 4.90. The van der Waals surface area contributed by atoms with E-state index in [1.807, 2.05) is 0 Å². The number of nitrogens with zero attached hydrogens (tertiary/aromatic N) is 1. The Morgan fingerprint density at radius 2 is 1.80 bits per heavy atom. The number of anilines is 1. The first kappa shape index (κ1) is 18.0. The second-order valence-electron chi connectivity index (χ2n) is 6.65. The van der Waals surface area contributed by atoms with E-state index in [9.17, 15) is 13.2 Å². The van der Waals surface area contributed by atoms with E-state index in [1.54, 1.807) is 35.7 Å². The van der Waals surface area contributed by atoms with E-state index < -0.39 is 10.0 Å². The molecular formula is C17H25N3O4S. The molecule has 1 saturated heterocycles. The zero-order chi connectivity index (χ0) is 17.9. The molecule has 1 heterocycles. The Labute approximate surface area is 148 Å². The molecule has 2 aliphatic rings. The molecule has 0 bridgehead atoms. The Morgan fingerprint density at radius 1 is 1.16 bits per heavy atom. The number of piperidine rings is 1. The van der Waals surface area contributed by atoms with Gasteiger partial charge in [0.2, 0.25) is 10.0 Å². The molecule has 1 aliphatic heterocycles. The smallest absolute Gasteiger partial charge is 0.319 e. The summed E-state index contributed by atoms with van der Waals surface area (Å²) in [7, 11) is -1.47. The van der Waals surface area contributed by atoms with Crippen molar-refractivity contribution in [3.05, 3.63) is 24.3 Å². The molecule has 0 spiro atoms. The number of carbonyl (C=O) groups excluding carboxylic acids is 1. The van der Waals surface area contributed by atoms with Crippen LogP contribution in [0.1, 0.15) is 25.7 Å². The number of amides is 2. The number of urea groups is 1. The summed E-state index contributed by atoms with van der Waals surface area (Å²) in [6, 6.07) is 6.87. The highest BCUT2D eigenvalue weighted by Gasteiger charge is 2.41. The fraction of sp³-hybridized carbons (Fsp3) is 0.588. The first-order valence-electron chi connectivity index (χ1n) is 8.67. The molecular weight excluding hydrogens is 342 g/mol. The minimum absolute atomic E-state index is 0.141. The molecule has 2 amide bonds. The first-order valence-corrected chi connectivity index (χ1v) is 10.2. The molecule has 2 N–H and O–H groups in total. The standard InChI is InChI=1S/C17H25N3O4S/c1-24-15-4-2-14(3-5-15)19-17(21)18-12-13-8-10-20(11-9-13)25(22,23)16-6-7-16/h2-5,13,16H,6-12H2,1H3,(H2,18,19,21). The number of rotatable bonds is 6. The Hall–Kier alpha value is -1.80. The lowest BCUT2D eigenvalue weighted by Gasteiger charge is -2.31. The Balaban J connectivity index is 1.39. The summed E-state index contributed by atoms with van der Waals surface area (Å²) in [5.74, 6) is 1.05. The SMILES string of the molecule is COc1ccc(NC(=O)NCC2CCN(S(=O)(=O)C3CC3)CC2)cc1. The highest BCUT2D eigenvalue weighted by atomic mass is 32.2. The van der Waals surface area contributed by atoms with Gasteiger partial charge in [0.1, 0.15) is 5.75 Å². The molecule has 7 nitrogen and oxygen atoms in total. The van der Waals surface area contributed by atoms with Crippen LogP contribution in [-0.2, 0) is 10.0 Å². The summed E-state index contributed by atoms with van der Waals surface area (Å²) in [6.07, 6.45) is 3.17. The van der Waals surface area contributed by atoms with Gasteiger partial charge in [0, 0.05) is 25.3 Å². The molecule has 0 radical (unpaired) electrons. The monoisotopic (exact) mass is 367 g/mol. The lowest BCUT2D eigenvalue weighted by atomic mass is 9.98. The van der Waals surface area contributed by atoms with E-state index in [1.165, 1.54) is 0 Å². The molecule has 3 rings (SSSR count). The van der Waals surface area contributed by atoms with Crippen molar-refractivity contribution in [2.75, 3.05) is 32.1 Å². The van der Waals surface area contributed by atoms with Crippen LogP contribution in [0, 0.1) is 5.92 Å². The van der Waals surface area contributed by atoms with Crippen LogP contribution in [0.3, 0.4) is 0 Å². The molecule has 0 unspecified atom stereocenters. The largest absolute Gasteiger partial charge is 0.497 e. The van der Waals surface area contributed by atoms with Crippen molar-refractivity contribution < 1.29 is 17.9 Å². The number of nitrogens with one attached hydrogen (secondary N) is 2. The molecule has 1 aromatic carbocycles. The minimum atomic E-state index is -3.07. The summed E-state index contributed by atoms with van der Waals surface area (Å²) in [5.41, 5.74) is 0.698. The van der Waals surface area contributed by atoms with Crippen LogP contribution in [0.2, 0.25) is 0 Å². The summed E-state index contributed by atoms with van der Waals surface area (Å²) in [4.78, 5) is 12.0. The van der Waals surface area contributed by atoms with Gasteiger partial charge in [-0.25, -0.2) is 17.5 Å². The molecule has 138 valence electrons. The lowest BCUT2D eigenvalue weighted by Crippen LogP contribution is -2.43. The summed E-state index contributed by atoms with van der Waals surface area (Å²) in [5, 5.41) is 5.50. The van der Waals surface area contributed by atoms with Gasteiger partial charge in [-0.05, 0) is 55.9 Å². The van der Waals surface area contributed by atoms with Gasteiger partial charge >= 0.3 is 6.03 Å². The summed E-state index contributed by atoms with van der Waals surface area (Å²) < 4.78 is 31.1. The van der Waals surface area contributed by atoms with Gasteiger partial charge < -0.3 is 15.4 Å². The second-order valence-corrected chi connectivity index (χ2v) is 8.86. The third-order valence-corrected chi connectivity index (χ3v) is 7.18. The first-order chi connectivity index (χ1) is 12.0. The highest BCUT2D eigenvalue weighted by Crippen LogP contribution is 2.33. The number of benzene rings is 1. The van der Waals surface area contributed by atoms with Crippen molar-refractivity contribution in [1.29, 1.82) is 0 Å². The topological polar surface area (TPSA) is 87.7 Å². The molecule has 25 heavy (non-hydrogen) atoms.